The number of nitrogens with one attached hydrogen (secondary N) is 2. The third kappa shape index (κ3) is 4.69. The van der Waals surface area contributed by atoms with Crippen molar-refractivity contribution in [1.82, 2.24) is 5.32 Å². The molecule has 0 heterocycles. The zero-order chi connectivity index (χ0) is 20.0. The van der Waals surface area contributed by atoms with E-state index in [2.05, 4.69) is 10.6 Å². The van der Waals surface area contributed by atoms with Crippen molar-refractivity contribution >= 4 is 17.5 Å². The maximum absolute atomic E-state index is 12.7. The average Bonchev–Trinajstić information content (AvgIpc) is 2.66. The van der Waals surface area contributed by atoms with Crippen LogP contribution in [0.3, 0.4) is 0 Å². The highest BCUT2D eigenvalue weighted by Gasteiger charge is 2.20. The van der Waals surface area contributed by atoms with Gasteiger partial charge in [0.05, 0.1) is 26.9 Å². The van der Waals surface area contributed by atoms with Gasteiger partial charge < -0.3 is 24.8 Å². The van der Waals surface area contributed by atoms with Crippen molar-refractivity contribution in [3.63, 3.8) is 0 Å². The van der Waals surface area contributed by atoms with Gasteiger partial charge in [0.2, 0.25) is 5.75 Å². The lowest BCUT2D eigenvalue weighted by Crippen LogP contribution is -2.30. The van der Waals surface area contributed by atoms with Crippen LogP contribution in [-0.2, 0) is 0 Å². The van der Waals surface area contributed by atoms with Crippen LogP contribution in [0.25, 0.3) is 0 Å². The number of carbonyl (C=O) groups is 2. The predicted molar refractivity (Wildman–Crippen MR) is 103 cm³/mol. The summed E-state index contributed by atoms with van der Waals surface area (Å²) >= 11 is 0. The van der Waals surface area contributed by atoms with Crippen LogP contribution in [0.4, 0.5) is 5.69 Å². The Kier molecular flexibility index (Phi) is 6.65. The molecule has 7 heteroatoms. The van der Waals surface area contributed by atoms with E-state index in [1.165, 1.54) is 21.3 Å². The van der Waals surface area contributed by atoms with Crippen molar-refractivity contribution in [2.45, 2.75) is 19.9 Å². The summed E-state index contributed by atoms with van der Waals surface area (Å²) in [6, 6.07) is 9.92. The Labute approximate surface area is 158 Å². The highest BCUT2D eigenvalue weighted by molar-refractivity contribution is 6.07. The van der Waals surface area contributed by atoms with E-state index in [1.807, 2.05) is 13.8 Å². The zero-order valence-electron chi connectivity index (χ0n) is 16.1. The molecule has 2 aromatic carbocycles. The largest absolute Gasteiger partial charge is 0.493 e. The number of hydrogen-bond donors (Lipinski definition) is 2. The second kappa shape index (κ2) is 8.93. The van der Waals surface area contributed by atoms with E-state index in [4.69, 9.17) is 14.2 Å². The van der Waals surface area contributed by atoms with Crippen molar-refractivity contribution in [2.24, 2.45) is 0 Å². The lowest BCUT2D eigenvalue weighted by atomic mass is 10.1. The van der Waals surface area contributed by atoms with Crippen LogP contribution in [0.15, 0.2) is 36.4 Å². The van der Waals surface area contributed by atoms with Crippen molar-refractivity contribution in [1.29, 1.82) is 0 Å². The number of rotatable bonds is 7. The van der Waals surface area contributed by atoms with Gasteiger partial charge in [0.1, 0.15) is 0 Å². The monoisotopic (exact) mass is 372 g/mol. The Bertz CT molecular complexity index is 816. The van der Waals surface area contributed by atoms with E-state index in [-0.39, 0.29) is 23.6 Å². The number of benzene rings is 2. The fourth-order valence-corrected chi connectivity index (χ4v) is 2.53. The van der Waals surface area contributed by atoms with E-state index in [9.17, 15) is 9.59 Å². The van der Waals surface area contributed by atoms with Crippen LogP contribution in [0.2, 0.25) is 0 Å². The maximum Gasteiger partial charge on any atom is 0.259 e. The van der Waals surface area contributed by atoms with E-state index < -0.39 is 0 Å². The highest BCUT2D eigenvalue weighted by Crippen LogP contribution is 2.39. The molecule has 0 aliphatic rings. The molecule has 7 nitrogen and oxygen atoms in total. The third-order valence-corrected chi connectivity index (χ3v) is 3.77. The van der Waals surface area contributed by atoms with Crippen molar-refractivity contribution in [3.8, 4) is 17.2 Å². The second-order valence-corrected chi connectivity index (χ2v) is 6.04. The van der Waals surface area contributed by atoms with Crippen LogP contribution in [0.1, 0.15) is 34.6 Å². The standard InChI is InChI=1S/C20H24N2O5/c1-12(2)21-19(23)13-6-8-14(9-7-13)22-20(24)15-10-11-16(25-3)18(27-5)17(15)26-4/h6-12H,1-5H3,(H,21,23)(H,22,24). The smallest absolute Gasteiger partial charge is 0.259 e. The molecule has 0 atom stereocenters. The molecule has 0 spiro atoms. The highest BCUT2D eigenvalue weighted by atomic mass is 16.5. The average molecular weight is 372 g/mol. The Morgan fingerprint density at radius 2 is 1.44 bits per heavy atom. The van der Waals surface area contributed by atoms with E-state index in [0.717, 1.165) is 0 Å². The minimum atomic E-state index is -0.368. The molecule has 0 saturated carbocycles. The summed E-state index contributed by atoms with van der Waals surface area (Å²) in [7, 11) is 4.44. The van der Waals surface area contributed by atoms with E-state index >= 15 is 0 Å². The first kappa shape index (κ1) is 20.1. The molecule has 2 aromatic rings. The molecule has 0 bridgehead atoms. The molecule has 0 aromatic heterocycles. The van der Waals surface area contributed by atoms with Gasteiger partial charge in [-0.05, 0) is 50.2 Å². The van der Waals surface area contributed by atoms with E-state index in [1.54, 1.807) is 36.4 Å². The molecular formula is C20H24N2O5. The molecule has 0 fully saturated rings. The third-order valence-electron chi connectivity index (χ3n) is 3.77. The topological polar surface area (TPSA) is 85.9 Å². The number of hydrogen-bond acceptors (Lipinski definition) is 5. The maximum atomic E-state index is 12.7. The molecule has 2 amide bonds. The van der Waals surface area contributed by atoms with Gasteiger partial charge in [0.15, 0.2) is 11.5 Å². The molecule has 0 saturated heterocycles. The van der Waals surface area contributed by atoms with Gasteiger partial charge in [0.25, 0.3) is 11.8 Å². The van der Waals surface area contributed by atoms with Crippen LogP contribution in [0.5, 0.6) is 17.2 Å². The summed E-state index contributed by atoms with van der Waals surface area (Å²) in [5, 5.41) is 5.60. The molecule has 27 heavy (non-hydrogen) atoms. The first-order valence-electron chi connectivity index (χ1n) is 8.42. The molecule has 0 unspecified atom stereocenters. The van der Waals surface area contributed by atoms with Gasteiger partial charge in [0, 0.05) is 17.3 Å². The Morgan fingerprint density at radius 3 is 1.96 bits per heavy atom. The van der Waals surface area contributed by atoms with Gasteiger partial charge in [-0.3, -0.25) is 9.59 Å². The van der Waals surface area contributed by atoms with E-state index in [0.29, 0.717) is 28.3 Å². The fraction of sp³-hybridized carbons (Fsp3) is 0.300. The molecule has 0 radical (unpaired) electrons. The molecule has 0 aliphatic carbocycles. The van der Waals surface area contributed by atoms with Crippen LogP contribution in [-0.4, -0.2) is 39.2 Å². The minimum Gasteiger partial charge on any atom is -0.493 e. The first-order chi connectivity index (χ1) is 12.9. The van der Waals surface area contributed by atoms with Gasteiger partial charge in [-0.1, -0.05) is 0 Å². The van der Waals surface area contributed by atoms with Crippen LogP contribution >= 0.6 is 0 Å². The van der Waals surface area contributed by atoms with Gasteiger partial charge in [-0.25, -0.2) is 0 Å². The second-order valence-electron chi connectivity index (χ2n) is 6.04. The SMILES string of the molecule is COc1ccc(C(=O)Nc2ccc(C(=O)NC(C)C)cc2)c(OC)c1OC. The summed E-state index contributed by atoms with van der Waals surface area (Å²) in [6.07, 6.45) is 0. The zero-order valence-corrected chi connectivity index (χ0v) is 16.1. The Balaban J connectivity index is 2.21. The summed E-state index contributed by atoms with van der Waals surface area (Å²) in [5.74, 6) is 0.554. The predicted octanol–water partition coefficient (Wildman–Crippen LogP) is 3.10. The number of carbonyl (C=O) groups excluding carboxylic acids is 2. The fourth-order valence-electron chi connectivity index (χ4n) is 2.53. The van der Waals surface area contributed by atoms with Crippen LogP contribution in [0, 0.1) is 0 Å². The van der Waals surface area contributed by atoms with Gasteiger partial charge in [-0.2, -0.15) is 0 Å². The molecule has 0 aliphatic heterocycles. The number of ether oxygens (including phenoxy) is 3. The molecule has 2 N–H and O–H groups in total. The number of methoxy groups -OCH3 is 3. The Morgan fingerprint density at radius 1 is 0.815 bits per heavy atom. The molecule has 2 rings (SSSR count). The van der Waals surface area contributed by atoms with Crippen molar-refractivity contribution < 1.29 is 23.8 Å². The summed E-state index contributed by atoms with van der Waals surface area (Å²) in [4.78, 5) is 24.6. The van der Waals surface area contributed by atoms with Gasteiger partial charge in [-0.15, -0.1) is 0 Å². The Hall–Kier alpha value is -3.22. The number of amides is 2. The van der Waals surface area contributed by atoms with Crippen LogP contribution < -0.4 is 24.8 Å². The summed E-state index contributed by atoms with van der Waals surface area (Å²) in [6.45, 7) is 3.78. The summed E-state index contributed by atoms with van der Waals surface area (Å²) < 4.78 is 15.9. The number of anilines is 1. The molecular weight excluding hydrogens is 348 g/mol. The summed E-state index contributed by atoms with van der Waals surface area (Å²) in [5.41, 5.74) is 1.38. The lowest BCUT2D eigenvalue weighted by molar-refractivity contribution is 0.0942. The molecule has 144 valence electrons. The quantitative estimate of drug-likeness (QED) is 0.780. The van der Waals surface area contributed by atoms with Gasteiger partial charge >= 0.3 is 0 Å². The minimum absolute atomic E-state index is 0.0504. The van der Waals surface area contributed by atoms with Crippen molar-refractivity contribution in [3.05, 3.63) is 47.5 Å². The normalized spacial score (nSPS) is 10.3. The lowest BCUT2D eigenvalue weighted by Gasteiger charge is -2.15. The first-order valence-corrected chi connectivity index (χ1v) is 8.42. The van der Waals surface area contributed by atoms with Crippen molar-refractivity contribution in [2.75, 3.05) is 26.6 Å².